The molecule has 1 amide bonds. The van der Waals surface area contributed by atoms with Crippen LogP contribution in [-0.2, 0) is 6.42 Å². The van der Waals surface area contributed by atoms with E-state index in [2.05, 4.69) is 20.6 Å². The Morgan fingerprint density at radius 3 is 2.68 bits per heavy atom. The van der Waals surface area contributed by atoms with Gasteiger partial charge in [0.15, 0.2) is 0 Å². The largest absolute Gasteiger partial charge is 0.497 e. The first-order chi connectivity index (χ1) is 13.6. The molecule has 1 aromatic heterocycles. The molecule has 2 aromatic carbocycles. The van der Waals surface area contributed by atoms with E-state index in [0.717, 1.165) is 17.7 Å². The number of benzene rings is 2. The number of anilines is 2. The maximum atomic E-state index is 12.5. The minimum Gasteiger partial charge on any atom is -0.497 e. The molecule has 0 bridgehead atoms. The quantitative estimate of drug-likeness (QED) is 0.620. The number of hydrogen-bond donors (Lipinski definition) is 2. The normalized spacial score (nSPS) is 10.4. The summed E-state index contributed by atoms with van der Waals surface area (Å²) in [5.74, 6) is 1.11. The lowest BCUT2D eigenvalue weighted by Crippen LogP contribution is -2.16. The maximum Gasteiger partial charge on any atom is 0.274 e. The van der Waals surface area contributed by atoms with Crippen molar-refractivity contribution in [2.75, 3.05) is 24.3 Å². The molecular weight excluding hydrogens is 376 g/mol. The smallest absolute Gasteiger partial charge is 0.274 e. The minimum absolute atomic E-state index is 0.279. The molecule has 0 spiro atoms. The Morgan fingerprint density at radius 1 is 1.14 bits per heavy atom. The first-order valence-corrected chi connectivity index (χ1v) is 9.20. The van der Waals surface area contributed by atoms with Crippen molar-refractivity contribution in [2.24, 2.45) is 0 Å². The van der Waals surface area contributed by atoms with E-state index in [4.69, 9.17) is 16.3 Å². The van der Waals surface area contributed by atoms with Crippen molar-refractivity contribution in [1.82, 2.24) is 9.97 Å². The first kappa shape index (κ1) is 19.6. The number of ether oxygens (including phenoxy) is 1. The number of methoxy groups -OCH3 is 1. The summed E-state index contributed by atoms with van der Waals surface area (Å²) in [5, 5.41) is 6.65. The fourth-order valence-corrected chi connectivity index (χ4v) is 2.81. The van der Waals surface area contributed by atoms with Gasteiger partial charge in [-0.3, -0.25) is 4.79 Å². The minimum atomic E-state index is -0.314. The van der Waals surface area contributed by atoms with Crippen molar-refractivity contribution < 1.29 is 9.53 Å². The summed E-state index contributed by atoms with van der Waals surface area (Å²) in [6, 6.07) is 14.9. The highest BCUT2D eigenvalue weighted by molar-refractivity contribution is 6.31. The van der Waals surface area contributed by atoms with Crippen molar-refractivity contribution in [1.29, 1.82) is 0 Å². The van der Waals surface area contributed by atoms with E-state index in [1.54, 1.807) is 31.4 Å². The highest BCUT2D eigenvalue weighted by Gasteiger charge is 2.11. The number of nitrogens with one attached hydrogen (secondary N) is 2. The van der Waals surface area contributed by atoms with Crippen LogP contribution in [0.15, 0.2) is 54.9 Å². The second-order valence-corrected chi connectivity index (χ2v) is 6.59. The van der Waals surface area contributed by atoms with Crippen molar-refractivity contribution >= 4 is 29.0 Å². The van der Waals surface area contributed by atoms with Gasteiger partial charge in [0, 0.05) is 23.3 Å². The molecule has 0 saturated heterocycles. The Bertz CT molecular complexity index is 961. The highest BCUT2D eigenvalue weighted by atomic mass is 35.5. The topological polar surface area (TPSA) is 76.1 Å². The average Bonchev–Trinajstić information content (AvgIpc) is 2.72. The number of carbonyl (C=O) groups excluding carboxylic acids is 1. The van der Waals surface area contributed by atoms with Crippen LogP contribution in [0.3, 0.4) is 0 Å². The molecule has 0 fully saturated rings. The summed E-state index contributed by atoms with van der Waals surface area (Å²) in [6.45, 7) is 2.53. The van der Waals surface area contributed by atoms with E-state index in [1.807, 2.05) is 31.2 Å². The van der Waals surface area contributed by atoms with Gasteiger partial charge in [-0.1, -0.05) is 29.8 Å². The van der Waals surface area contributed by atoms with Gasteiger partial charge in [-0.05, 0) is 48.7 Å². The van der Waals surface area contributed by atoms with Gasteiger partial charge < -0.3 is 15.4 Å². The lowest BCUT2D eigenvalue weighted by Gasteiger charge is -2.10. The summed E-state index contributed by atoms with van der Waals surface area (Å²) in [5.41, 5.74) is 2.92. The molecule has 0 radical (unpaired) electrons. The zero-order valence-corrected chi connectivity index (χ0v) is 16.5. The number of hydrogen-bond acceptors (Lipinski definition) is 5. The van der Waals surface area contributed by atoms with Crippen molar-refractivity contribution in [3.8, 4) is 5.75 Å². The summed E-state index contributed by atoms with van der Waals surface area (Å²) in [7, 11) is 1.65. The molecule has 0 atom stereocenters. The van der Waals surface area contributed by atoms with Gasteiger partial charge >= 0.3 is 0 Å². The van der Waals surface area contributed by atoms with E-state index in [-0.39, 0.29) is 11.6 Å². The molecule has 2 N–H and O–H groups in total. The fourth-order valence-electron chi connectivity index (χ4n) is 2.63. The first-order valence-electron chi connectivity index (χ1n) is 8.82. The molecule has 1 heterocycles. The zero-order valence-electron chi connectivity index (χ0n) is 15.7. The predicted octanol–water partition coefficient (Wildman–Crippen LogP) is 4.35. The Labute approximate surface area is 168 Å². The van der Waals surface area contributed by atoms with Crippen LogP contribution < -0.4 is 15.4 Å². The maximum absolute atomic E-state index is 12.5. The third-order valence-electron chi connectivity index (χ3n) is 4.29. The third-order valence-corrected chi connectivity index (χ3v) is 4.70. The van der Waals surface area contributed by atoms with Crippen LogP contribution in [0.2, 0.25) is 5.02 Å². The molecule has 0 saturated carbocycles. The van der Waals surface area contributed by atoms with Crippen LogP contribution in [0.1, 0.15) is 21.6 Å². The average molecular weight is 397 g/mol. The number of rotatable bonds is 7. The molecule has 0 unspecified atom stereocenters. The van der Waals surface area contributed by atoms with Gasteiger partial charge in [-0.15, -0.1) is 0 Å². The second kappa shape index (κ2) is 9.19. The number of aromatic nitrogens is 2. The Balaban J connectivity index is 1.59. The Morgan fingerprint density at radius 2 is 1.93 bits per heavy atom. The molecule has 0 aliphatic heterocycles. The Kier molecular flexibility index (Phi) is 6.45. The highest BCUT2D eigenvalue weighted by Crippen LogP contribution is 2.23. The van der Waals surface area contributed by atoms with E-state index in [9.17, 15) is 4.79 Å². The molecular formula is C21H21ClN4O2. The number of amides is 1. The zero-order chi connectivity index (χ0) is 19.9. The van der Waals surface area contributed by atoms with Gasteiger partial charge in [0.25, 0.3) is 5.91 Å². The van der Waals surface area contributed by atoms with Crippen molar-refractivity contribution in [2.45, 2.75) is 13.3 Å². The summed E-state index contributed by atoms with van der Waals surface area (Å²) >= 11 is 6.10. The van der Waals surface area contributed by atoms with Gasteiger partial charge in [-0.2, -0.15) is 0 Å². The summed E-state index contributed by atoms with van der Waals surface area (Å²) in [4.78, 5) is 20.7. The molecule has 6 nitrogen and oxygen atoms in total. The van der Waals surface area contributed by atoms with Crippen LogP contribution in [0.25, 0.3) is 0 Å². The van der Waals surface area contributed by atoms with Crippen LogP contribution in [0.4, 0.5) is 11.5 Å². The van der Waals surface area contributed by atoms with E-state index in [1.165, 1.54) is 11.9 Å². The van der Waals surface area contributed by atoms with Crippen molar-refractivity contribution in [3.63, 3.8) is 0 Å². The standard InChI is InChI=1S/C21H21ClN4O2/c1-14-17(22)4-3-5-18(14)26-21(27)19-12-20(25-13-24-19)23-11-10-15-6-8-16(28-2)9-7-15/h3-9,12-13H,10-11H2,1-2H3,(H,26,27)(H,23,24,25). The van der Waals surface area contributed by atoms with Crippen LogP contribution in [0.5, 0.6) is 5.75 Å². The number of carbonyl (C=O) groups is 1. The summed E-state index contributed by atoms with van der Waals surface area (Å²) in [6.07, 6.45) is 2.19. The molecule has 144 valence electrons. The van der Waals surface area contributed by atoms with E-state index >= 15 is 0 Å². The molecule has 3 rings (SSSR count). The lowest BCUT2D eigenvalue weighted by molar-refractivity contribution is 0.102. The van der Waals surface area contributed by atoms with Crippen LogP contribution >= 0.6 is 11.6 Å². The van der Waals surface area contributed by atoms with Gasteiger partial charge in [-0.25, -0.2) is 9.97 Å². The van der Waals surface area contributed by atoms with Gasteiger partial charge in [0.05, 0.1) is 7.11 Å². The number of nitrogens with zero attached hydrogens (tertiary/aromatic N) is 2. The molecule has 7 heteroatoms. The van der Waals surface area contributed by atoms with Gasteiger partial charge in [0.1, 0.15) is 23.6 Å². The molecule has 28 heavy (non-hydrogen) atoms. The number of halogens is 1. The fraction of sp³-hybridized carbons (Fsp3) is 0.190. The third kappa shape index (κ3) is 4.98. The second-order valence-electron chi connectivity index (χ2n) is 6.18. The van der Waals surface area contributed by atoms with Crippen LogP contribution in [-0.4, -0.2) is 29.5 Å². The lowest BCUT2D eigenvalue weighted by atomic mass is 10.1. The van der Waals surface area contributed by atoms with Crippen molar-refractivity contribution in [3.05, 3.63) is 76.7 Å². The van der Waals surface area contributed by atoms with E-state index in [0.29, 0.717) is 23.1 Å². The Hall–Kier alpha value is -3.12. The molecule has 3 aromatic rings. The van der Waals surface area contributed by atoms with Crippen LogP contribution in [0, 0.1) is 6.92 Å². The van der Waals surface area contributed by atoms with E-state index < -0.39 is 0 Å². The van der Waals surface area contributed by atoms with Gasteiger partial charge in [0.2, 0.25) is 0 Å². The predicted molar refractivity (Wildman–Crippen MR) is 111 cm³/mol. The summed E-state index contributed by atoms with van der Waals surface area (Å²) < 4.78 is 5.16. The SMILES string of the molecule is COc1ccc(CCNc2cc(C(=O)Nc3cccc(Cl)c3C)ncn2)cc1. The molecule has 0 aliphatic carbocycles. The monoisotopic (exact) mass is 396 g/mol. The molecule has 0 aliphatic rings.